The van der Waals surface area contributed by atoms with E-state index in [1.54, 1.807) is 4.90 Å². The normalized spacial score (nSPS) is 18.7. The van der Waals surface area contributed by atoms with Gasteiger partial charge in [0, 0.05) is 32.6 Å². The van der Waals surface area contributed by atoms with Crippen molar-refractivity contribution < 1.29 is 22.4 Å². The summed E-state index contributed by atoms with van der Waals surface area (Å²) in [4.78, 5) is 28.7. The summed E-state index contributed by atoms with van der Waals surface area (Å²) in [7, 11) is -4.19. The van der Waals surface area contributed by atoms with E-state index in [1.165, 1.54) is 42.8 Å². The third kappa shape index (κ3) is 6.45. The lowest BCUT2D eigenvalue weighted by Crippen LogP contribution is -2.56. The SMILES string of the molecule is CSCCC(NS(=O)(=O)c1ccccc1F)C(=O)N1CCN(C(=O)CC2CCCC2)CC1. The molecule has 1 unspecified atom stereocenters. The van der Waals surface area contributed by atoms with Crippen molar-refractivity contribution in [1.82, 2.24) is 14.5 Å². The second kappa shape index (κ2) is 11.5. The molecule has 10 heteroatoms. The molecule has 178 valence electrons. The first-order valence-corrected chi connectivity index (χ1v) is 14.0. The molecule has 1 heterocycles. The summed E-state index contributed by atoms with van der Waals surface area (Å²) >= 11 is 1.51. The fourth-order valence-electron chi connectivity index (χ4n) is 4.37. The van der Waals surface area contributed by atoms with Crippen molar-refractivity contribution >= 4 is 33.6 Å². The molecule has 1 aromatic rings. The monoisotopic (exact) mass is 485 g/mol. The highest BCUT2D eigenvalue weighted by Gasteiger charge is 2.33. The third-order valence-corrected chi connectivity index (χ3v) is 8.36. The van der Waals surface area contributed by atoms with Crippen LogP contribution in [0.15, 0.2) is 29.2 Å². The number of sulfonamides is 1. The van der Waals surface area contributed by atoms with Gasteiger partial charge in [-0.1, -0.05) is 25.0 Å². The molecule has 0 aromatic heterocycles. The Morgan fingerprint density at radius 2 is 1.75 bits per heavy atom. The minimum Gasteiger partial charge on any atom is -0.339 e. The van der Waals surface area contributed by atoms with Gasteiger partial charge in [0.25, 0.3) is 0 Å². The van der Waals surface area contributed by atoms with Gasteiger partial charge < -0.3 is 9.80 Å². The van der Waals surface area contributed by atoms with E-state index in [1.807, 2.05) is 11.2 Å². The number of amides is 2. The van der Waals surface area contributed by atoms with Crippen LogP contribution in [0.4, 0.5) is 4.39 Å². The van der Waals surface area contributed by atoms with Crippen LogP contribution in [0.1, 0.15) is 38.5 Å². The Bertz CT molecular complexity index is 898. The van der Waals surface area contributed by atoms with Crippen LogP contribution < -0.4 is 4.72 Å². The lowest BCUT2D eigenvalue weighted by atomic mass is 10.0. The van der Waals surface area contributed by atoms with Crippen LogP contribution in [-0.4, -0.2) is 74.3 Å². The van der Waals surface area contributed by atoms with Crippen molar-refractivity contribution in [3.63, 3.8) is 0 Å². The van der Waals surface area contributed by atoms with Crippen molar-refractivity contribution in [2.45, 2.75) is 49.5 Å². The van der Waals surface area contributed by atoms with Gasteiger partial charge in [0.1, 0.15) is 16.8 Å². The van der Waals surface area contributed by atoms with E-state index in [0.717, 1.165) is 18.9 Å². The van der Waals surface area contributed by atoms with E-state index in [4.69, 9.17) is 0 Å². The van der Waals surface area contributed by atoms with E-state index in [0.29, 0.717) is 50.7 Å². The molecule has 1 aliphatic carbocycles. The molecule has 7 nitrogen and oxygen atoms in total. The summed E-state index contributed by atoms with van der Waals surface area (Å²) < 4.78 is 41.9. The Hall–Kier alpha value is -1.65. The Labute approximate surface area is 194 Å². The Morgan fingerprint density at radius 1 is 1.12 bits per heavy atom. The first kappa shape index (κ1) is 25.0. The highest BCUT2D eigenvalue weighted by atomic mass is 32.2. The zero-order valence-electron chi connectivity index (χ0n) is 18.5. The van der Waals surface area contributed by atoms with Crippen LogP contribution in [0.5, 0.6) is 0 Å². The molecule has 1 aliphatic heterocycles. The Kier molecular flexibility index (Phi) is 8.95. The molecule has 0 radical (unpaired) electrons. The number of benzene rings is 1. The zero-order valence-corrected chi connectivity index (χ0v) is 20.1. The van der Waals surface area contributed by atoms with Crippen LogP contribution >= 0.6 is 11.8 Å². The molecular weight excluding hydrogens is 453 g/mol. The highest BCUT2D eigenvalue weighted by Crippen LogP contribution is 2.28. The molecular formula is C22H32FN3O4S2. The maximum atomic E-state index is 14.1. The molecule has 2 amide bonds. The van der Waals surface area contributed by atoms with Crippen molar-refractivity contribution in [3.05, 3.63) is 30.1 Å². The molecule has 0 spiro atoms. The smallest absolute Gasteiger partial charge is 0.244 e. The summed E-state index contributed by atoms with van der Waals surface area (Å²) in [5, 5.41) is 0. The van der Waals surface area contributed by atoms with Gasteiger partial charge in [-0.05, 0) is 49.3 Å². The topological polar surface area (TPSA) is 86.8 Å². The summed E-state index contributed by atoms with van der Waals surface area (Å²) in [6.45, 7) is 1.64. The second-order valence-electron chi connectivity index (χ2n) is 8.45. The Balaban J connectivity index is 1.61. The molecule has 1 saturated carbocycles. The highest BCUT2D eigenvalue weighted by molar-refractivity contribution is 7.98. The molecule has 1 N–H and O–H groups in total. The number of piperazine rings is 1. The van der Waals surface area contributed by atoms with Gasteiger partial charge in [0.15, 0.2) is 0 Å². The molecule has 0 bridgehead atoms. The quantitative estimate of drug-likeness (QED) is 0.581. The van der Waals surface area contributed by atoms with E-state index in [-0.39, 0.29) is 11.8 Å². The lowest BCUT2D eigenvalue weighted by Gasteiger charge is -2.37. The number of thioether (sulfide) groups is 1. The number of hydrogen-bond donors (Lipinski definition) is 1. The predicted molar refractivity (Wildman–Crippen MR) is 123 cm³/mol. The van der Waals surface area contributed by atoms with Gasteiger partial charge in [-0.3, -0.25) is 9.59 Å². The van der Waals surface area contributed by atoms with Crippen LogP contribution in [0.3, 0.4) is 0 Å². The predicted octanol–water partition coefficient (Wildman–Crippen LogP) is 2.48. The summed E-state index contributed by atoms with van der Waals surface area (Å²) in [6, 6.07) is 4.14. The van der Waals surface area contributed by atoms with Crippen LogP contribution in [0.25, 0.3) is 0 Å². The molecule has 1 saturated heterocycles. The number of carbonyl (C=O) groups excluding carboxylic acids is 2. The minimum absolute atomic E-state index is 0.142. The van der Waals surface area contributed by atoms with Gasteiger partial charge in [0.05, 0.1) is 0 Å². The van der Waals surface area contributed by atoms with E-state index < -0.39 is 26.8 Å². The number of nitrogens with one attached hydrogen (secondary N) is 1. The first-order chi connectivity index (χ1) is 15.3. The van der Waals surface area contributed by atoms with Crippen molar-refractivity contribution in [3.8, 4) is 0 Å². The maximum absolute atomic E-state index is 14.1. The average molecular weight is 486 g/mol. The lowest BCUT2D eigenvalue weighted by molar-refractivity contribution is -0.141. The first-order valence-electron chi connectivity index (χ1n) is 11.1. The molecule has 1 aromatic carbocycles. The Morgan fingerprint density at radius 3 is 2.38 bits per heavy atom. The molecule has 3 rings (SSSR count). The largest absolute Gasteiger partial charge is 0.339 e. The molecule has 1 atom stereocenters. The van der Waals surface area contributed by atoms with Gasteiger partial charge in [0.2, 0.25) is 21.8 Å². The van der Waals surface area contributed by atoms with Crippen molar-refractivity contribution in [1.29, 1.82) is 0 Å². The summed E-state index contributed by atoms with van der Waals surface area (Å²) in [6.07, 6.45) is 7.37. The fourth-order valence-corrected chi connectivity index (χ4v) is 6.14. The minimum atomic E-state index is -4.19. The van der Waals surface area contributed by atoms with Crippen LogP contribution in [0.2, 0.25) is 0 Å². The van der Waals surface area contributed by atoms with Crippen LogP contribution in [-0.2, 0) is 19.6 Å². The van der Waals surface area contributed by atoms with Crippen LogP contribution in [0, 0.1) is 11.7 Å². The number of rotatable bonds is 9. The van der Waals surface area contributed by atoms with Crippen molar-refractivity contribution in [2.24, 2.45) is 5.92 Å². The van der Waals surface area contributed by atoms with E-state index >= 15 is 0 Å². The fraction of sp³-hybridized carbons (Fsp3) is 0.636. The van der Waals surface area contributed by atoms with E-state index in [2.05, 4.69) is 4.72 Å². The van der Waals surface area contributed by atoms with Gasteiger partial charge in [-0.2, -0.15) is 16.5 Å². The van der Waals surface area contributed by atoms with Gasteiger partial charge in [-0.15, -0.1) is 0 Å². The number of nitrogens with zero attached hydrogens (tertiary/aromatic N) is 2. The van der Waals surface area contributed by atoms with Gasteiger partial charge >= 0.3 is 0 Å². The number of hydrogen-bond acceptors (Lipinski definition) is 5. The molecule has 2 fully saturated rings. The zero-order chi connectivity index (χ0) is 23.1. The molecule has 32 heavy (non-hydrogen) atoms. The number of halogens is 1. The summed E-state index contributed by atoms with van der Waals surface area (Å²) in [5.41, 5.74) is 0. The molecule has 2 aliphatic rings. The maximum Gasteiger partial charge on any atom is 0.244 e. The van der Waals surface area contributed by atoms with E-state index in [9.17, 15) is 22.4 Å². The second-order valence-corrected chi connectivity index (χ2v) is 11.1. The standard InChI is InChI=1S/C22H32FN3O4S2/c1-31-15-10-19(24-32(29,30)20-9-5-4-8-18(20)23)22(28)26-13-11-25(12-14-26)21(27)16-17-6-2-3-7-17/h4-5,8-9,17,19,24H,2-3,6-7,10-16H2,1H3. The number of carbonyl (C=O) groups is 2. The average Bonchev–Trinajstić information content (AvgIpc) is 3.29. The summed E-state index contributed by atoms with van der Waals surface area (Å²) in [5.74, 6) is 0.0112. The third-order valence-electron chi connectivity index (χ3n) is 6.21. The van der Waals surface area contributed by atoms with Crippen molar-refractivity contribution in [2.75, 3.05) is 38.2 Å². The van der Waals surface area contributed by atoms with Gasteiger partial charge in [-0.25, -0.2) is 12.8 Å².